The van der Waals surface area contributed by atoms with E-state index < -0.39 is 5.60 Å². The van der Waals surface area contributed by atoms with Gasteiger partial charge in [0, 0.05) is 5.57 Å². The third kappa shape index (κ3) is 6.11. The molecule has 0 bridgehead atoms. The zero-order valence-corrected chi connectivity index (χ0v) is 13.8. The molecule has 0 N–H and O–H groups in total. The molecule has 0 atom stereocenters. The van der Waals surface area contributed by atoms with E-state index in [0.717, 1.165) is 18.8 Å². The van der Waals surface area contributed by atoms with Crippen molar-refractivity contribution in [2.24, 2.45) is 11.8 Å². The summed E-state index contributed by atoms with van der Waals surface area (Å²) in [4.78, 5) is 12.0. The van der Waals surface area contributed by atoms with Crippen molar-refractivity contribution in [1.82, 2.24) is 0 Å². The van der Waals surface area contributed by atoms with Crippen LogP contribution in [0.5, 0.6) is 0 Å². The summed E-state index contributed by atoms with van der Waals surface area (Å²) in [6.45, 7) is 12.0. The van der Waals surface area contributed by atoms with Crippen molar-refractivity contribution >= 4 is 5.97 Å². The monoisotopic (exact) mass is 280 g/mol. The first-order valence-corrected chi connectivity index (χ1v) is 8.25. The second-order valence-corrected chi connectivity index (χ2v) is 7.24. The molecule has 116 valence electrons. The first kappa shape index (κ1) is 17.3. The summed E-state index contributed by atoms with van der Waals surface area (Å²) in [5.41, 5.74) is 0.268. The maximum absolute atomic E-state index is 12.0. The van der Waals surface area contributed by atoms with E-state index in [4.69, 9.17) is 4.74 Å². The van der Waals surface area contributed by atoms with Crippen LogP contribution in [0.25, 0.3) is 0 Å². The Labute approximate surface area is 125 Å². The lowest BCUT2D eigenvalue weighted by molar-refractivity contribution is -0.150. The largest absolute Gasteiger partial charge is 0.457 e. The molecule has 1 fully saturated rings. The van der Waals surface area contributed by atoms with Gasteiger partial charge in [0.1, 0.15) is 5.60 Å². The predicted octanol–water partition coefficient (Wildman–Crippen LogP) is 5.27. The van der Waals surface area contributed by atoms with E-state index in [9.17, 15) is 4.79 Å². The lowest BCUT2D eigenvalue weighted by Crippen LogP contribution is -2.28. The number of hydrogen-bond acceptors (Lipinski definition) is 2. The first-order valence-electron chi connectivity index (χ1n) is 8.25. The minimum Gasteiger partial charge on any atom is -0.457 e. The molecule has 0 radical (unpaired) electrons. The number of carbonyl (C=O) groups is 1. The third-order valence-electron chi connectivity index (χ3n) is 4.22. The van der Waals surface area contributed by atoms with E-state index in [1.165, 1.54) is 38.5 Å². The van der Waals surface area contributed by atoms with Gasteiger partial charge in [0.2, 0.25) is 0 Å². The number of unbranched alkanes of at least 4 members (excludes halogenated alkanes) is 2. The van der Waals surface area contributed by atoms with E-state index in [-0.39, 0.29) is 5.97 Å². The maximum atomic E-state index is 12.0. The van der Waals surface area contributed by atoms with Gasteiger partial charge >= 0.3 is 5.97 Å². The topological polar surface area (TPSA) is 26.3 Å². The Morgan fingerprint density at radius 3 is 2.25 bits per heavy atom. The molecule has 0 amide bonds. The zero-order valence-electron chi connectivity index (χ0n) is 13.8. The van der Waals surface area contributed by atoms with Crippen molar-refractivity contribution in [3.05, 3.63) is 12.2 Å². The van der Waals surface area contributed by atoms with Crippen LogP contribution in [0.3, 0.4) is 0 Å². The number of hydrogen-bond donors (Lipinski definition) is 0. The highest BCUT2D eigenvalue weighted by Crippen LogP contribution is 2.35. The molecule has 0 aliphatic heterocycles. The average Bonchev–Trinajstić information content (AvgIpc) is 2.37. The molecule has 0 aromatic rings. The molecule has 20 heavy (non-hydrogen) atoms. The van der Waals surface area contributed by atoms with E-state index in [2.05, 4.69) is 13.5 Å². The van der Waals surface area contributed by atoms with Gasteiger partial charge in [0.05, 0.1) is 0 Å². The van der Waals surface area contributed by atoms with Crippen LogP contribution in [-0.2, 0) is 9.53 Å². The van der Waals surface area contributed by atoms with Crippen molar-refractivity contribution in [2.75, 3.05) is 0 Å². The normalized spacial score (nSPS) is 23.4. The van der Waals surface area contributed by atoms with Gasteiger partial charge in [-0.1, -0.05) is 39.2 Å². The van der Waals surface area contributed by atoms with Gasteiger partial charge in [0.15, 0.2) is 0 Å². The Hall–Kier alpha value is -0.790. The van der Waals surface area contributed by atoms with Crippen molar-refractivity contribution in [1.29, 1.82) is 0 Å². The van der Waals surface area contributed by atoms with Crippen LogP contribution in [0, 0.1) is 11.8 Å². The van der Waals surface area contributed by atoms with E-state index in [1.807, 2.05) is 20.8 Å². The highest BCUT2D eigenvalue weighted by Gasteiger charge is 2.28. The van der Waals surface area contributed by atoms with Gasteiger partial charge < -0.3 is 4.74 Å². The van der Waals surface area contributed by atoms with Gasteiger partial charge in [-0.25, -0.2) is 4.79 Å². The highest BCUT2D eigenvalue weighted by molar-refractivity contribution is 5.88. The van der Waals surface area contributed by atoms with Crippen LogP contribution < -0.4 is 0 Å². The summed E-state index contributed by atoms with van der Waals surface area (Å²) >= 11 is 0. The molecule has 0 saturated heterocycles. The van der Waals surface area contributed by atoms with Crippen LogP contribution in [0.15, 0.2) is 12.2 Å². The molecule has 1 saturated carbocycles. The molecule has 0 unspecified atom stereocenters. The van der Waals surface area contributed by atoms with Crippen LogP contribution in [0.1, 0.15) is 79.1 Å². The van der Waals surface area contributed by atoms with E-state index in [0.29, 0.717) is 11.5 Å². The summed E-state index contributed by atoms with van der Waals surface area (Å²) in [5, 5.41) is 0. The minimum atomic E-state index is -0.419. The van der Waals surface area contributed by atoms with Crippen LogP contribution in [0.2, 0.25) is 0 Å². The molecule has 0 aromatic carbocycles. The second kappa shape index (κ2) is 7.85. The van der Waals surface area contributed by atoms with Gasteiger partial charge in [-0.2, -0.15) is 0 Å². The Balaban J connectivity index is 2.33. The summed E-state index contributed by atoms with van der Waals surface area (Å²) in [6, 6.07) is 0. The second-order valence-electron chi connectivity index (χ2n) is 7.24. The van der Waals surface area contributed by atoms with Gasteiger partial charge in [0.25, 0.3) is 0 Å². The Kier molecular flexibility index (Phi) is 6.78. The molecule has 2 heteroatoms. The zero-order chi connectivity index (χ0) is 15.2. The van der Waals surface area contributed by atoms with Crippen molar-refractivity contribution in [3.63, 3.8) is 0 Å². The van der Waals surface area contributed by atoms with Crippen LogP contribution >= 0.6 is 0 Å². The quantitative estimate of drug-likeness (QED) is 0.376. The smallest absolute Gasteiger partial charge is 0.334 e. The lowest BCUT2D eigenvalue weighted by Gasteiger charge is -2.30. The SMILES string of the molecule is C=C(C(=O)OC(C)(C)C)C1CCC(CCCCC)CC1. The van der Waals surface area contributed by atoms with Crippen molar-refractivity contribution in [2.45, 2.75) is 84.7 Å². The summed E-state index contributed by atoms with van der Waals surface area (Å²) in [6.07, 6.45) is 10.1. The van der Waals surface area contributed by atoms with Crippen molar-refractivity contribution in [3.8, 4) is 0 Å². The van der Waals surface area contributed by atoms with Crippen molar-refractivity contribution < 1.29 is 9.53 Å². The molecular weight excluding hydrogens is 248 g/mol. The van der Waals surface area contributed by atoms with E-state index in [1.54, 1.807) is 0 Å². The molecule has 0 spiro atoms. The Morgan fingerprint density at radius 2 is 1.75 bits per heavy atom. The fraction of sp³-hybridized carbons (Fsp3) is 0.833. The molecule has 0 heterocycles. The lowest BCUT2D eigenvalue weighted by atomic mass is 9.77. The number of rotatable bonds is 6. The summed E-state index contributed by atoms with van der Waals surface area (Å²) in [5.74, 6) is 1.00. The highest BCUT2D eigenvalue weighted by atomic mass is 16.6. The predicted molar refractivity (Wildman–Crippen MR) is 84.6 cm³/mol. The maximum Gasteiger partial charge on any atom is 0.334 e. The van der Waals surface area contributed by atoms with Gasteiger partial charge in [-0.05, 0) is 58.3 Å². The van der Waals surface area contributed by atoms with E-state index >= 15 is 0 Å². The molecule has 2 nitrogen and oxygen atoms in total. The summed E-state index contributed by atoms with van der Waals surface area (Å²) < 4.78 is 5.42. The molecule has 1 aliphatic carbocycles. The van der Waals surface area contributed by atoms with Gasteiger partial charge in [-0.3, -0.25) is 0 Å². The molecule has 1 rings (SSSR count). The third-order valence-corrected chi connectivity index (χ3v) is 4.22. The minimum absolute atomic E-state index is 0.202. The van der Waals surface area contributed by atoms with Crippen LogP contribution in [-0.4, -0.2) is 11.6 Å². The average molecular weight is 280 g/mol. The molecular formula is C18H32O2. The standard InChI is InChI=1S/C18H32O2/c1-6-7-8-9-15-10-12-16(13-11-15)14(2)17(19)20-18(3,4)5/h15-16H,2,6-13H2,1,3-5H3. The van der Waals surface area contributed by atoms with Gasteiger partial charge in [-0.15, -0.1) is 0 Å². The fourth-order valence-electron chi connectivity index (χ4n) is 2.99. The number of esters is 1. The first-order chi connectivity index (χ1) is 9.33. The fourth-order valence-corrected chi connectivity index (χ4v) is 2.99. The Morgan fingerprint density at radius 1 is 1.15 bits per heavy atom. The Bertz CT molecular complexity index is 317. The molecule has 0 aromatic heterocycles. The molecule has 1 aliphatic rings. The number of ether oxygens (including phenoxy) is 1. The number of carbonyl (C=O) groups excluding carboxylic acids is 1. The van der Waals surface area contributed by atoms with Crippen LogP contribution in [0.4, 0.5) is 0 Å². The summed E-state index contributed by atoms with van der Waals surface area (Å²) in [7, 11) is 0.